The SMILES string of the molecule is C=CN=C/C(=C\C)B(C=C)Oc1ccccc1CCN. The van der Waals surface area contributed by atoms with Crippen LogP contribution in [0.5, 0.6) is 5.75 Å². The van der Waals surface area contributed by atoms with Gasteiger partial charge in [-0.25, -0.2) is 0 Å². The summed E-state index contributed by atoms with van der Waals surface area (Å²) in [5, 5.41) is 0. The zero-order chi connectivity index (χ0) is 14.8. The molecule has 3 nitrogen and oxygen atoms in total. The van der Waals surface area contributed by atoms with Crippen molar-refractivity contribution < 1.29 is 4.65 Å². The van der Waals surface area contributed by atoms with Gasteiger partial charge in [-0.1, -0.05) is 36.8 Å². The lowest BCUT2D eigenvalue weighted by molar-refractivity contribution is 0.578. The molecule has 0 spiro atoms. The molecule has 0 saturated carbocycles. The molecule has 0 aliphatic heterocycles. The first-order valence-electron chi connectivity index (χ1n) is 6.64. The molecule has 0 aliphatic rings. The van der Waals surface area contributed by atoms with Gasteiger partial charge in [0, 0.05) is 12.4 Å². The number of hydrogen-bond donors (Lipinski definition) is 1. The van der Waals surface area contributed by atoms with Crippen molar-refractivity contribution in [1.29, 1.82) is 0 Å². The predicted molar refractivity (Wildman–Crippen MR) is 88.2 cm³/mol. The summed E-state index contributed by atoms with van der Waals surface area (Å²) in [6, 6.07) is 7.90. The number of para-hydroxylation sites is 1. The van der Waals surface area contributed by atoms with Gasteiger partial charge in [0.25, 0.3) is 0 Å². The van der Waals surface area contributed by atoms with Crippen LogP contribution in [0.3, 0.4) is 0 Å². The van der Waals surface area contributed by atoms with Gasteiger partial charge in [-0.05, 0) is 37.0 Å². The molecule has 0 bridgehead atoms. The molecule has 0 aromatic heterocycles. The highest BCUT2D eigenvalue weighted by Gasteiger charge is 2.18. The molecule has 0 unspecified atom stereocenters. The molecule has 2 N–H and O–H groups in total. The topological polar surface area (TPSA) is 47.6 Å². The molecular weight excluding hydrogens is 247 g/mol. The summed E-state index contributed by atoms with van der Waals surface area (Å²) in [6.07, 6.45) is 5.95. The van der Waals surface area contributed by atoms with Gasteiger partial charge in [-0.2, -0.15) is 0 Å². The van der Waals surface area contributed by atoms with Gasteiger partial charge in [-0.3, -0.25) is 4.99 Å². The van der Waals surface area contributed by atoms with Crippen LogP contribution in [0.25, 0.3) is 0 Å². The maximum Gasteiger partial charge on any atom is 0.419 e. The molecule has 0 heterocycles. The van der Waals surface area contributed by atoms with E-state index in [-0.39, 0.29) is 6.92 Å². The van der Waals surface area contributed by atoms with Crippen LogP contribution in [0.15, 0.2) is 66.1 Å². The van der Waals surface area contributed by atoms with Crippen molar-refractivity contribution in [3.8, 4) is 5.75 Å². The maximum absolute atomic E-state index is 6.03. The predicted octanol–water partition coefficient (Wildman–Crippen LogP) is 2.98. The summed E-state index contributed by atoms with van der Waals surface area (Å²) in [7, 11) is 0. The van der Waals surface area contributed by atoms with Crippen molar-refractivity contribution in [2.24, 2.45) is 10.7 Å². The molecule has 1 rings (SSSR count). The third kappa shape index (κ3) is 4.55. The molecule has 1 aromatic rings. The monoisotopic (exact) mass is 268 g/mol. The first kappa shape index (κ1) is 16.0. The number of hydrogen-bond acceptors (Lipinski definition) is 3. The summed E-state index contributed by atoms with van der Waals surface area (Å²) < 4.78 is 6.03. The van der Waals surface area contributed by atoms with Crippen molar-refractivity contribution in [2.75, 3.05) is 6.54 Å². The van der Waals surface area contributed by atoms with Crippen LogP contribution in [0.4, 0.5) is 0 Å². The molecule has 20 heavy (non-hydrogen) atoms. The van der Waals surface area contributed by atoms with E-state index < -0.39 is 0 Å². The number of benzene rings is 1. The molecule has 1 aromatic carbocycles. The van der Waals surface area contributed by atoms with Crippen molar-refractivity contribution in [1.82, 2.24) is 0 Å². The minimum atomic E-state index is -0.248. The molecule has 0 fully saturated rings. The highest BCUT2D eigenvalue weighted by molar-refractivity contribution is 6.70. The highest BCUT2D eigenvalue weighted by Crippen LogP contribution is 2.20. The Morgan fingerprint density at radius 1 is 1.40 bits per heavy atom. The van der Waals surface area contributed by atoms with E-state index in [1.54, 1.807) is 12.2 Å². The molecule has 0 atom stereocenters. The first-order chi connectivity index (χ1) is 9.76. The van der Waals surface area contributed by atoms with Crippen molar-refractivity contribution in [2.45, 2.75) is 13.3 Å². The van der Waals surface area contributed by atoms with E-state index in [0.717, 1.165) is 23.2 Å². The minimum absolute atomic E-state index is 0.248. The van der Waals surface area contributed by atoms with Crippen LogP contribution in [0, 0.1) is 0 Å². The average molecular weight is 268 g/mol. The lowest BCUT2D eigenvalue weighted by Crippen LogP contribution is -2.24. The van der Waals surface area contributed by atoms with E-state index in [9.17, 15) is 0 Å². The normalized spacial score (nSPS) is 11.4. The summed E-state index contributed by atoms with van der Waals surface area (Å²) in [4.78, 5) is 4.04. The van der Waals surface area contributed by atoms with Gasteiger partial charge >= 0.3 is 6.92 Å². The molecular formula is C16H21BN2O. The number of allylic oxidation sites excluding steroid dienone is 2. The van der Waals surface area contributed by atoms with Crippen LogP contribution >= 0.6 is 0 Å². The lowest BCUT2D eigenvalue weighted by atomic mass is 9.60. The van der Waals surface area contributed by atoms with Crippen molar-refractivity contribution in [3.05, 3.63) is 66.7 Å². The van der Waals surface area contributed by atoms with Crippen LogP contribution in [-0.2, 0) is 6.42 Å². The summed E-state index contributed by atoms with van der Waals surface area (Å²) >= 11 is 0. The van der Waals surface area contributed by atoms with E-state index >= 15 is 0 Å². The summed E-state index contributed by atoms with van der Waals surface area (Å²) in [5.41, 5.74) is 7.65. The second-order valence-corrected chi connectivity index (χ2v) is 4.17. The Kier molecular flexibility index (Phi) is 7.15. The van der Waals surface area contributed by atoms with Crippen LogP contribution < -0.4 is 10.4 Å². The fraction of sp³-hybridized carbons (Fsp3) is 0.188. The van der Waals surface area contributed by atoms with Gasteiger partial charge in [0.1, 0.15) is 5.75 Å². The molecule has 0 saturated heterocycles. The maximum atomic E-state index is 6.03. The quantitative estimate of drug-likeness (QED) is 0.582. The van der Waals surface area contributed by atoms with Crippen molar-refractivity contribution in [3.63, 3.8) is 0 Å². The number of nitrogens with zero attached hydrogens (tertiary/aromatic N) is 1. The average Bonchev–Trinajstić information content (AvgIpc) is 2.48. The van der Waals surface area contributed by atoms with E-state index in [4.69, 9.17) is 10.4 Å². The van der Waals surface area contributed by atoms with Gasteiger partial charge in [0.15, 0.2) is 0 Å². The largest absolute Gasteiger partial charge is 0.552 e. The Hall–Kier alpha value is -2.07. The molecule has 0 aliphatic carbocycles. The number of nitrogens with two attached hydrogens (primary N) is 1. The van der Waals surface area contributed by atoms with Gasteiger partial charge < -0.3 is 10.4 Å². The summed E-state index contributed by atoms with van der Waals surface area (Å²) in [5.74, 6) is 2.58. The zero-order valence-corrected chi connectivity index (χ0v) is 12.0. The number of aliphatic imine (C=N–C) groups is 1. The standard InChI is InChI=1S/C16H21BN2O/c1-4-15(13-19-6-3)17(5-2)20-16-10-8-7-9-14(16)11-12-18/h4-10,13H,2-3,11-12,18H2,1H3/b15-4+,19-13?. The van der Waals surface area contributed by atoms with Crippen LogP contribution in [0.1, 0.15) is 12.5 Å². The Bertz CT molecular complexity index is 509. The smallest absolute Gasteiger partial charge is 0.419 e. The van der Waals surface area contributed by atoms with E-state index in [0.29, 0.717) is 6.54 Å². The molecule has 104 valence electrons. The Balaban J connectivity index is 2.96. The highest BCUT2D eigenvalue weighted by atomic mass is 16.4. The summed E-state index contributed by atoms with van der Waals surface area (Å²) in [6.45, 7) is 9.68. The third-order valence-corrected chi connectivity index (χ3v) is 2.85. The van der Waals surface area contributed by atoms with Crippen molar-refractivity contribution >= 4 is 13.1 Å². The Morgan fingerprint density at radius 3 is 2.75 bits per heavy atom. The van der Waals surface area contributed by atoms with Crippen LogP contribution in [-0.4, -0.2) is 19.7 Å². The van der Waals surface area contributed by atoms with Gasteiger partial charge in [-0.15, -0.1) is 6.58 Å². The molecule has 4 heteroatoms. The Morgan fingerprint density at radius 2 is 2.15 bits per heavy atom. The second kappa shape index (κ2) is 8.94. The zero-order valence-electron chi connectivity index (χ0n) is 12.0. The second-order valence-electron chi connectivity index (χ2n) is 4.17. The van der Waals surface area contributed by atoms with Gasteiger partial charge in [0.05, 0.1) is 0 Å². The van der Waals surface area contributed by atoms with Gasteiger partial charge in [0.2, 0.25) is 0 Å². The molecule has 0 radical (unpaired) electrons. The third-order valence-electron chi connectivity index (χ3n) is 2.85. The minimum Gasteiger partial charge on any atom is -0.552 e. The van der Waals surface area contributed by atoms with E-state index in [2.05, 4.69) is 18.2 Å². The van der Waals surface area contributed by atoms with Crippen LogP contribution in [0.2, 0.25) is 0 Å². The lowest BCUT2D eigenvalue weighted by Gasteiger charge is -2.16. The number of rotatable bonds is 8. The molecule has 0 amide bonds. The fourth-order valence-electron chi connectivity index (χ4n) is 1.82. The van der Waals surface area contributed by atoms with E-state index in [1.807, 2.05) is 37.3 Å². The van der Waals surface area contributed by atoms with E-state index in [1.165, 1.54) is 6.20 Å². The Labute approximate surface area is 121 Å². The first-order valence-corrected chi connectivity index (χ1v) is 6.64. The fourth-order valence-corrected chi connectivity index (χ4v) is 1.82.